The van der Waals surface area contributed by atoms with Gasteiger partial charge in [-0.15, -0.1) is 0 Å². The minimum Gasteiger partial charge on any atom is -0.378 e. The SMILES string of the molecule is CN(C)c1ccc(NC(=O)c2cc(Nc3ccc(F)c(F)c3F)ncn2)cc1. The van der Waals surface area contributed by atoms with Crippen LogP contribution in [0.1, 0.15) is 10.5 Å². The summed E-state index contributed by atoms with van der Waals surface area (Å²) in [6, 6.07) is 10.2. The number of amides is 1. The molecule has 0 aliphatic rings. The van der Waals surface area contributed by atoms with Crippen LogP contribution in [0.2, 0.25) is 0 Å². The molecule has 2 N–H and O–H groups in total. The van der Waals surface area contributed by atoms with Crippen LogP contribution >= 0.6 is 0 Å². The maximum Gasteiger partial charge on any atom is 0.274 e. The second-order valence-corrected chi connectivity index (χ2v) is 6.03. The van der Waals surface area contributed by atoms with E-state index in [0.717, 1.165) is 24.1 Å². The zero-order valence-corrected chi connectivity index (χ0v) is 15.0. The zero-order chi connectivity index (χ0) is 20.3. The second-order valence-electron chi connectivity index (χ2n) is 6.03. The van der Waals surface area contributed by atoms with Gasteiger partial charge in [-0.05, 0) is 36.4 Å². The normalized spacial score (nSPS) is 10.5. The van der Waals surface area contributed by atoms with Gasteiger partial charge in [0.05, 0.1) is 5.69 Å². The molecule has 0 spiro atoms. The summed E-state index contributed by atoms with van der Waals surface area (Å²) in [6.45, 7) is 0. The predicted molar refractivity (Wildman–Crippen MR) is 100 cm³/mol. The summed E-state index contributed by atoms with van der Waals surface area (Å²) in [7, 11) is 3.80. The Balaban J connectivity index is 1.75. The van der Waals surface area contributed by atoms with Crippen molar-refractivity contribution in [3.63, 3.8) is 0 Å². The van der Waals surface area contributed by atoms with Crippen LogP contribution in [-0.2, 0) is 0 Å². The van der Waals surface area contributed by atoms with Crippen molar-refractivity contribution in [2.24, 2.45) is 0 Å². The van der Waals surface area contributed by atoms with Gasteiger partial charge < -0.3 is 15.5 Å². The molecule has 0 saturated heterocycles. The number of benzene rings is 2. The van der Waals surface area contributed by atoms with Crippen LogP contribution in [-0.4, -0.2) is 30.0 Å². The van der Waals surface area contributed by atoms with Gasteiger partial charge in [0.15, 0.2) is 17.5 Å². The number of carbonyl (C=O) groups is 1. The molecular weight excluding hydrogens is 371 g/mol. The molecule has 0 unspecified atom stereocenters. The van der Waals surface area contributed by atoms with Crippen LogP contribution in [0.15, 0.2) is 48.8 Å². The van der Waals surface area contributed by atoms with Crippen molar-refractivity contribution in [1.82, 2.24) is 9.97 Å². The summed E-state index contributed by atoms with van der Waals surface area (Å²) in [6.07, 6.45) is 1.10. The van der Waals surface area contributed by atoms with E-state index < -0.39 is 23.4 Å². The quantitative estimate of drug-likeness (QED) is 0.649. The topological polar surface area (TPSA) is 70.2 Å². The first kappa shape index (κ1) is 19.2. The number of nitrogens with zero attached hydrogens (tertiary/aromatic N) is 3. The first-order valence-corrected chi connectivity index (χ1v) is 8.16. The minimum absolute atomic E-state index is 0.0113. The van der Waals surface area contributed by atoms with Gasteiger partial charge in [-0.2, -0.15) is 0 Å². The van der Waals surface area contributed by atoms with Gasteiger partial charge in [0, 0.05) is 31.5 Å². The third-order valence-corrected chi connectivity index (χ3v) is 3.84. The highest BCUT2D eigenvalue weighted by Gasteiger charge is 2.15. The van der Waals surface area contributed by atoms with E-state index in [1.807, 2.05) is 31.1 Å². The summed E-state index contributed by atoms with van der Waals surface area (Å²) in [4.78, 5) is 22.0. The Morgan fingerprint density at radius 1 is 0.964 bits per heavy atom. The van der Waals surface area contributed by atoms with Gasteiger partial charge in [-0.3, -0.25) is 4.79 Å². The number of anilines is 4. The molecule has 0 fully saturated rings. The number of rotatable bonds is 5. The molecule has 0 bridgehead atoms. The van der Waals surface area contributed by atoms with Crippen molar-refractivity contribution < 1.29 is 18.0 Å². The summed E-state index contributed by atoms with van der Waals surface area (Å²) in [5.74, 6) is -4.74. The van der Waals surface area contributed by atoms with Gasteiger partial charge in [-0.1, -0.05) is 0 Å². The third kappa shape index (κ3) is 4.20. The van der Waals surface area contributed by atoms with Crippen molar-refractivity contribution in [1.29, 1.82) is 0 Å². The molecule has 0 saturated carbocycles. The number of halogens is 3. The molecule has 0 atom stereocenters. The Bertz CT molecular complexity index is 1010. The zero-order valence-electron chi connectivity index (χ0n) is 15.0. The molecule has 1 heterocycles. The fraction of sp³-hybridized carbons (Fsp3) is 0.105. The van der Waals surface area contributed by atoms with E-state index in [2.05, 4.69) is 20.6 Å². The molecule has 3 rings (SSSR count). The van der Waals surface area contributed by atoms with E-state index in [4.69, 9.17) is 0 Å². The van der Waals surface area contributed by atoms with Crippen molar-refractivity contribution in [3.05, 3.63) is 71.9 Å². The third-order valence-electron chi connectivity index (χ3n) is 3.84. The molecule has 0 radical (unpaired) electrons. The second kappa shape index (κ2) is 7.95. The lowest BCUT2D eigenvalue weighted by molar-refractivity contribution is 0.102. The lowest BCUT2D eigenvalue weighted by atomic mass is 10.2. The molecule has 0 aliphatic carbocycles. The average molecular weight is 387 g/mol. The molecule has 0 aliphatic heterocycles. The van der Waals surface area contributed by atoms with Gasteiger partial charge in [0.1, 0.15) is 17.8 Å². The van der Waals surface area contributed by atoms with Crippen molar-refractivity contribution in [2.75, 3.05) is 29.6 Å². The lowest BCUT2D eigenvalue weighted by Crippen LogP contribution is -2.15. The molecule has 1 amide bonds. The molecular formula is C19H16F3N5O. The molecule has 9 heteroatoms. The highest BCUT2D eigenvalue weighted by molar-refractivity contribution is 6.03. The summed E-state index contributed by atoms with van der Waals surface area (Å²) in [5.41, 5.74) is 1.23. The Morgan fingerprint density at radius 3 is 2.36 bits per heavy atom. The number of hydrogen-bond acceptors (Lipinski definition) is 5. The van der Waals surface area contributed by atoms with Crippen LogP contribution in [0.3, 0.4) is 0 Å². The first-order chi connectivity index (χ1) is 13.3. The van der Waals surface area contributed by atoms with E-state index in [1.54, 1.807) is 12.1 Å². The maximum absolute atomic E-state index is 13.8. The number of carbonyl (C=O) groups excluding carboxylic acids is 1. The van der Waals surface area contributed by atoms with Crippen molar-refractivity contribution in [3.8, 4) is 0 Å². The van der Waals surface area contributed by atoms with Crippen LogP contribution in [0.5, 0.6) is 0 Å². The Morgan fingerprint density at radius 2 is 1.68 bits per heavy atom. The van der Waals surface area contributed by atoms with Crippen LogP contribution in [0.25, 0.3) is 0 Å². The van der Waals surface area contributed by atoms with Gasteiger partial charge in [0.25, 0.3) is 5.91 Å². The molecule has 28 heavy (non-hydrogen) atoms. The summed E-state index contributed by atoms with van der Waals surface area (Å²) in [5, 5.41) is 5.19. The molecule has 3 aromatic rings. The fourth-order valence-corrected chi connectivity index (χ4v) is 2.35. The van der Waals surface area contributed by atoms with Crippen LogP contribution < -0.4 is 15.5 Å². The smallest absolute Gasteiger partial charge is 0.274 e. The fourth-order valence-electron chi connectivity index (χ4n) is 2.35. The van der Waals surface area contributed by atoms with E-state index >= 15 is 0 Å². The van der Waals surface area contributed by atoms with E-state index in [9.17, 15) is 18.0 Å². The van der Waals surface area contributed by atoms with Crippen LogP contribution in [0, 0.1) is 17.5 Å². The monoisotopic (exact) mass is 387 g/mol. The van der Waals surface area contributed by atoms with Gasteiger partial charge in [-0.25, -0.2) is 23.1 Å². The highest BCUT2D eigenvalue weighted by Crippen LogP contribution is 2.23. The Labute approximate surface area is 159 Å². The Hall–Kier alpha value is -3.62. The number of aromatic nitrogens is 2. The maximum atomic E-state index is 13.8. The van der Waals surface area contributed by atoms with Crippen molar-refractivity contribution >= 4 is 28.8 Å². The number of nitrogens with one attached hydrogen (secondary N) is 2. The molecule has 1 aromatic heterocycles. The summed E-state index contributed by atoms with van der Waals surface area (Å²) < 4.78 is 40.1. The van der Waals surface area contributed by atoms with Gasteiger partial charge >= 0.3 is 0 Å². The number of hydrogen-bond donors (Lipinski definition) is 2. The average Bonchev–Trinajstić information content (AvgIpc) is 2.69. The largest absolute Gasteiger partial charge is 0.378 e. The van der Waals surface area contributed by atoms with E-state index in [1.165, 1.54) is 6.07 Å². The first-order valence-electron chi connectivity index (χ1n) is 8.16. The van der Waals surface area contributed by atoms with E-state index in [-0.39, 0.29) is 17.2 Å². The van der Waals surface area contributed by atoms with Gasteiger partial charge in [0.2, 0.25) is 0 Å². The molecule has 2 aromatic carbocycles. The highest BCUT2D eigenvalue weighted by atomic mass is 19.2. The van der Waals surface area contributed by atoms with Crippen LogP contribution in [0.4, 0.5) is 36.1 Å². The van der Waals surface area contributed by atoms with E-state index in [0.29, 0.717) is 5.69 Å². The minimum atomic E-state index is -1.60. The standard InChI is InChI=1S/C19H16F3N5O/c1-27(2)12-5-3-11(4-6-12)25-19(28)15-9-16(24-10-23-15)26-14-8-7-13(20)17(21)18(14)22/h3-10H,1-2H3,(H,25,28)(H,23,24,26). The molecule has 6 nitrogen and oxygen atoms in total. The Kier molecular flexibility index (Phi) is 5.44. The molecule has 144 valence electrons. The van der Waals surface area contributed by atoms with Crippen molar-refractivity contribution in [2.45, 2.75) is 0 Å². The lowest BCUT2D eigenvalue weighted by Gasteiger charge is -2.13. The predicted octanol–water partition coefficient (Wildman–Crippen LogP) is 3.96. The summed E-state index contributed by atoms with van der Waals surface area (Å²) >= 11 is 0.